The highest BCUT2D eigenvalue weighted by Crippen LogP contribution is 2.45. The molecule has 0 amide bonds. The second kappa shape index (κ2) is 1.51. The third kappa shape index (κ3) is 0.710. The summed E-state index contributed by atoms with van der Waals surface area (Å²) in [7, 11) is 0. The van der Waals surface area contributed by atoms with Gasteiger partial charge in [0.2, 0.25) is 0 Å². The van der Waals surface area contributed by atoms with Crippen molar-refractivity contribution in [2.24, 2.45) is 11.3 Å². The quantitative estimate of drug-likeness (QED) is 0.516. The molecule has 1 saturated carbocycles. The van der Waals surface area contributed by atoms with Crippen molar-refractivity contribution in [2.45, 2.75) is 32.7 Å². The van der Waals surface area contributed by atoms with Crippen LogP contribution in [0.2, 0.25) is 0 Å². The fourth-order valence-electron chi connectivity index (χ4n) is 1.97. The second-order valence-corrected chi connectivity index (χ2v) is 4.23. The minimum atomic E-state index is 0.592. The normalized spacial score (nSPS) is 46.0. The molecule has 1 aliphatic carbocycles. The molecule has 0 spiro atoms. The molecule has 2 aliphatic heterocycles. The third-order valence-corrected chi connectivity index (χ3v) is 3.09. The van der Waals surface area contributed by atoms with E-state index < -0.39 is 0 Å². The number of nitrogens with one attached hydrogen (secondary N) is 1. The number of fused-ring (bicyclic) bond motifs is 2. The SMILES string of the molecule is CC1(C)CNC2CC1C2. The molecular weight excluding hydrogens is 110 g/mol. The summed E-state index contributed by atoms with van der Waals surface area (Å²) in [6.45, 7) is 5.99. The molecule has 0 aromatic heterocycles. The molecule has 0 radical (unpaired) electrons. The summed E-state index contributed by atoms with van der Waals surface area (Å²) in [5.41, 5.74) is 0.592. The Morgan fingerprint density at radius 3 is 2.22 bits per heavy atom. The Balaban J connectivity index is 2.10. The Morgan fingerprint density at radius 2 is 2.00 bits per heavy atom. The minimum absolute atomic E-state index is 0.592. The average molecular weight is 125 g/mol. The minimum Gasteiger partial charge on any atom is -0.313 e. The molecule has 2 heterocycles. The maximum absolute atomic E-state index is 3.54. The van der Waals surface area contributed by atoms with Gasteiger partial charge in [-0.15, -0.1) is 0 Å². The molecule has 2 saturated heterocycles. The lowest BCUT2D eigenvalue weighted by Crippen LogP contribution is -2.57. The van der Waals surface area contributed by atoms with Crippen molar-refractivity contribution in [3.8, 4) is 0 Å². The van der Waals surface area contributed by atoms with E-state index in [9.17, 15) is 0 Å². The van der Waals surface area contributed by atoms with Crippen molar-refractivity contribution in [1.29, 1.82) is 0 Å². The smallest absolute Gasteiger partial charge is 0.00730 e. The van der Waals surface area contributed by atoms with Gasteiger partial charge in [0.05, 0.1) is 0 Å². The van der Waals surface area contributed by atoms with E-state index in [1.54, 1.807) is 0 Å². The van der Waals surface area contributed by atoms with E-state index in [0.29, 0.717) is 5.41 Å². The van der Waals surface area contributed by atoms with Gasteiger partial charge in [-0.2, -0.15) is 0 Å². The van der Waals surface area contributed by atoms with Crippen molar-refractivity contribution < 1.29 is 0 Å². The first-order valence-corrected chi connectivity index (χ1v) is 3.92. The summed E-state index contributed by atoms with van der Waals surface area (Å²) in [5, 5.41) is 3.54. The van der Waals surface area contributed by atoms with Gasteiger partial charge in [-0.3, -0.25) is 0 Å². The monoisotopic (exact) mass is 125 g/mol. The fraction of sp³-hybridized carbons (Fsp3) is 1.00. The summed E-state index contributed by atoms with van der Waals surface area (Å²) in [6, 6.07) is 0.892. The van der Waals surface area contributed by atoms with E-state index in [4.69, 9.17) is 0 Å². The van der Waals surface area contributed by atoms with Crippen LogP contribution in [-0.2, 0) is 0 Å². The maximum Gasteiger partial charge on any atom is 0.00730 e. The highest BCUT2D eigenvalue weighted by molar-refractivity contribution is 4.99. The van der Waals surface area contributed by atoms with Gasteiger partial charge in [0.25, 0.3) is 0 Å². The van der Waals surface area contributed by atoms with E-state index in [1.165, 1.54) is 19.4 Å². The van der Waals surface area contributed by atoms with E-state index in [2.05, 4.69) is 19.2 Å². The number of hydrogen-bond donors (Lipinski definition) is 1. The average Bonchev–Trinajstić information content (AvgIpc) is 1.58. The van der Waals surface area contributed by atoms with Crippen LogP contribution < -0.4 is 5.32 Å². The molecule has 3 rings (SSSR count). The van der Waals surface area contributed by atoms with Crippen LogP contribution in [0, 0.1) is 11.3 Å². The van der Waals surface area contributed by atoms with Crippen LogP contribution in [-0.4, -0.2) is 12.6 Å². The summed E-state index contributed by atoms with van der Waals surface area (Å²) < 4.78 is 0. The van der Waals surface area contributed by atoms with Crippen LogP contribution in [0.25, 0.3) is 0 Å². The van der Waals surface area contributed by atoms with E-state index in [0.717, 1.165) is 12.0 Å². The third-order valence-electron chi connectivity index (χ3n) is 3.09. The van der Waals surface area contributed by atoms with Crippen LogP contribution >= 0.6 is 0 Å². The largest absolute Gasteiger partial charge is 0.313 e. The zero-order valence-electron chi connectivity index (χ0n) is 6.28. The van der Waals surface area contributed by atoms with Gasteiger partial charge in [0.1, 0.15) is 0 Å². The molecule has 3 aliphatic rings. The number of rotatable bonds is 0. The highest BCUT2D eigenvalue weighted by atomic mass is 15.0. The summed E-state index contributed by atoms with van der Waals surface area (Å²) in [4.78, 5) is 0. The molecule has 0 aromatic rings. The van der Waals surface area contributed by atoms with Gasteiger partial charge in [-0.1, -0.05) is 13.8 Å². The standard InChI is InChI=1S/C8H15N/c1-8(2)5-9-7-3-6(8)4-7/h6-7,9H,3-5H2,1-2H3. The van der Waals surface area contributed by atoms with Crippen LogP contribution in [0.4, 0.5) is 0 Å². The fourth-order valence-corrected chi connectivity index (χ4v) is 1.97. The zero-order chi connectivity index (χ0) is 6.48. The maximum atomic E-state index is 3.54. The lowest BCUT2D eigenvalue weighted by Gasteiger charge is -2.52. The van der Waals surface area contributed by atoms with Crippen molar-refractivity contribution in [3.05, 3.63) is 0 Å². The van der Waals surface area contributed by atoms with Crippen LogP contribution in [0.15, 0.2) is 0 Å². The molecule has 0 atom stereocenters. The predicted molar refractivity (Wildman–Crippen MR) is 38.3 cm³/mol. The van der Waals surface area contributed by atoms with Gasteiger partial charge in [0.15, 0.2) is 0 Å². The van der Waals surface area contributed by atoms with Crippen molar-refractivity contribution in [1.82, 2.24) is 5.32 Å². The van der Waals surface area contributed by atoms with Gasteiger partial charge in [-0.05, 0) is 24.2 Å². The van der Waals surface area contributed by atoms with E-state index in [1.807, 2.05) is 0 Å². The van der Waals surface area contributed by atoms with Gasteiger partial charge < -0.3 is 5.32 Å². The molecule has 0 aromatic carbocycles. The molecular formula is C8H15N. The molecule has 9 heavy (non-hydrogen) atoms. The zero-order valence-corrected chi connectivity index (χ0v) is 6.28. The molecule has 2 bridgehead atoms. The number of hydrogen-bond acceptors (Lipinski definition) is 1. The molecule has 0 unspecified atom stereocenters. The lowest BCUT2D eigenvalue weighted by molar-refractivity contribution is 0.0249. The van der Waals surface area contributed by atoms with Crippen molar-refractivity contribution >= 4 is 0 Å². The lowest BCUT2D eigenvalue weighted by atomic mass is 9.61. The summed E-state index contributed by atoms with van der Waals surface area (Å²) in [6.07, 6.45) is 2.88. The molecule has 1 N–H and O–H groups in total. The van der Waals surface area contributed by atoms with E-state index >= 15 is 0 Å². The number of piperidine rings is 2. The summed E-state index contributed by atoms with van der Waals surface area (Å²) >= 11 is 0. The summed E-state index contributed by atoms with van der Waals surface area (Å²) in [5.74, 6) is 1.03. The molecule has 3 fully saturated rings. The second-order valence-electron chi connectivity index (χ2n) is 4.23. The Hall–Kier alpha value is -0.0400. The topological polar surface area (TPSA) is 12.0 Å². The van der Waals surface area contributed by atoms with Gasteiger partial charge >= 0.3 is 0 Å². The Bertz CT molecular complexity index is 120. The first kappa shape index (κ1) is 5.72. The molecule has 1 nitrogen and oxygen atoms in total. The first-order valence-electron chi connectivity index (χ1n) is 3.92. The Morgan fingerprint density at radius 1 is 1.33 bits per heavy atom. The van der Waals surface area contributed by atoms with Crippen molar-refractivity contribution in [2.75, 3.05) is 6.54 Å². The Labute approximate surface area is 56.8 Å². The van der Waals surface area contributed by atoms with Crippen LogP contribution in [0.1, 0.15) is 26.7 Å². The van der Waals surface area contributed by atoms with Gasteiger partial charge in [0, 0.05) is 12.6 Å². The highest BCUT2D eigenvalue weighted by Gasteiger charge is 2.44. The Kier molecular flexibility index (Phi) is 0.963. The van der Waals surface area contributed by atoms with E-state index in [-0.39, 0.29) is 0 Å². The molecule has 1 heteroatoms. The predicted octanol–water partition coefficient (Wildman–Crippen LogP) is 1.39. The van der Waals surface area contributed by atoms with Gasteiger partial charge in [-0.25, -0.2) is 0 Å². The first-order chi connectivity index (χ1) is 4.18. The van der Waals surface area contributed by atoms with Crippen LogP contribution in [0.5, 0.6) is 0 Å². The molecule has 52 valence electrons. The van der Waals surface area contributed by atoms with Crippen molar-refractivity contribution in [3.63, 3.8) is 0 Å². The van der Waals surface area contributed by atoms with Crippen LogP contribution in [0.3, 0.4) is 0 Å².